The van der Waals surface area contributed by atoms with E-state index in [1.54, 1.807) is 48.5 Å². The number of ether oxygens (including phenoxy) is 4. The zero-order valence-corrected chi connectivity index (χ0v) is 31.7. The molecular formula is C44H52N4O8. The Hall–Kier alpha value is -4.82. The second-order valence-electron chi connectivity index (χ2n) is 15.1. The van der Waals surface area contributed by atoms with E-state index in [0.29, 0.717) is 73.7 Å². The van der Waals surface area contributed by atoms with Crippen LogP contribution in [0.3, 0.4) is 0 Å². The van der Waals surface area contributed by atoms with Crippen LogP contribution in [0.2, 0.25) is 0 Å². The number of benzene rings is 4. The summed E-state index contributed by atoms with van der Waals surface area (Å²) in [6.45, 7) is 2.23. The van der Waals surface area contributed by atoms with Crippen LogP contribution in [0.1, 0.15) is 80.5 Å². The van der Waals surface area contributed by atoms with Crippen LogP contribution in [-0.2, 0) is 22.6 Å². The van der Waals surface area contributed by atoms with Crippen molar-refractivity contribution < 1.29 is 38.7 Å². The molecule has 0 aromatic heterocycles. The molecule has 2 amide bonds. The molecular weight excluding hydrogens is 713 g/mol. The SMILES string of the molecule is NCc1cccc(C2CCN(C(=O)c3cccc(OC[C@]4(O)CO[C@](O)(COc5cccc(C(=O)N6CCC(c7cccc(CN)c7)CC6)c5)CO4)c3)CC2)c1. The van der Waals surface area contributed by atoms with Crippen molar-refractivity contribution in [1.29, 1.82) is 0 Å². The highest BCUT2D eigenvalue weighted by atomic mass is 16.7. The molecule has 296 valence electrons. The average Bonchev–Trinajstić information content (AvgIpc) is 3.26. The van der Waals surface area contributed by atoms with Crippen molar-refractivity contribution in [1.82, 2.24) is 9.80 Å². The van der Waals surface area contributed by atoms with Crippen LogP contribution in [0.15, 0.2) is 97.1 Å². The summed E-state index contributed by atoms with van der Waals surface area (Å²) in [4.78, 5) is 30.5. The average molecular weight is 765 g/mol. The van der Waals surface area contributed by atoms with E-state index >= 15 is 0 Å². The number of aliphatic hydroxyl groups is 2. The molecule has 4 aromatic rings. The van der Waals surface area contributed by atoms with Gasteiger partial charge in [0.15, 0.2) is 0 Å². The Kier molecular flexibility index (Phi) is 12.3. The molecule has 12 heteroatoms. The summed E-state index contributed by atoms with van der Waals surface area (Å²) in [5.74, 6) is -2.29. The normalized spacial score (nSPS) is 22.1. The van der Waals surface area contributed by atoms with Gasteiger partial charge in [0.25, 0.3) is 11.8 Å². The highest BCUT2D eigenvalue weighted by Gasteiger charge is 2.44. The van der Waals surface area contributed by atoms with Gasteiger partial charge in [-0.15, -0.1) is 0 Å². The third-order valence-electron chi connectivity index (χ3n) is 11.1. The first-order valence-corrected chi connectivity index (χ1v) is 19.5. The van der Waals surface area contributed by atoms with Crippen LogP contribution < -0.4 is 20.9 Å². The van der Waals surface area contributed by atoms with Gasteiger partial charge >= 0.3 is 0 Å². The van der Waals surface area contributed by atoms with E-state index in [1.165, 1.54) is 11.1 Å². The van der Waals surface area contributed by atoms with Crippen LogP contribution in [0.25, 0.3) is 0 Å². The van der Waals surface area contributed by atoms with Gasteiger partial charge in [-0.1, -0.05) is 60.7 Å². The molecule has 3 aliphatic rings. The summed E-state index contributed by atoms with van der Waals surface area (Å²) in [5.41, 5.74) is 17.4. The predicted octanol–water partition coefficient (Wildman–Crippen LogP) is 4.53. The van der Waals surface area contributed by atoms with Crippen LogP contribution in [0.5, 0.6) is 11.5 Å². The van der Waals surface area contributed by atoms with Crippen LogP contribution in [0.4, 0.5) is 0 Å². The minimum absolute atomic E-state index is 0.0778. The highest BCUT2D eigenvalue weighted by molar-refractivity contribution is 5.95. The Morgan fingerprint density at radius 2 is 1.00 bits per heavy atom. The first-order valence-electron chi connectivity index (χ1n) is 19.5. The smallest absolute Gasteiger partial charge is 0.253 e. The number of rotatable bonds is 12. The number of nitrogens with two attached hydrogens (primary N) is 2. The molecule has 0 aliphatic carbocycles. The molecule has 7 rings (SSSR count). The number of nitrogens with zero attached hydrogens (tertiary/aromatic N) is 2. The number of hydrogen-bond acceptors (Lipinski definition) is 10. The largest absolute Gasteiger partial charge is 0.488 e. The van der Waals surface area contributed by atoms with Crippen LogP contribution in [0, 0.1) is 0 Å². The molecule has 0 radical (unpaired) electrons. The van der Waals surface area contributed by atoms with Crippen molar-refractivity contribution >= 4 is 11.8 Å². The summed E-state index contributed by atoms with van der Waals surface area (Å²) < 4.78 is 23.0. The molecule has 3 heterocycles. The highest BCUT2D eigenvalue weighted by Crippen LogP contribution is 2.32. The van der Waals surface area contributed by atoms with Crippen molar-refractivity contribution in [2.24, 2.45) is 11.5 Å². The molecule has 0 bridgehead atoms. The number of hydrogen-bond donors (Lipinski definition) is 4. The van der Waals surface area contributed by atoms with Gasteiger partial charge in [-0.25, -0.2) is 0 Å². The molecule has 0 saturated carbocycles. The van der Waals surface area contributed by atoms with Gasteiger partial charge in [0, 0.05) is 50.4 Å². The lowest BCUT2D eigenvalue weighted by atomic mass is 9.88. The van der Waals surface area contributed by atoms with Gasteiger partial charge in [-0.3, -0.25) is 9.59 Å². The van der Waals surface area contributed by atoms with E-state index in [2.05, 4.69) is 24.3 Å². The zero-order chi connectivity index (χ0) is 39.1. The Balaban J connectivity index is 0.854. The van der Waals surface area contributed by atoms with Gasteiger partial charge in [0.1, 0.15) is 37.9 Å². The fraction of sp³-hybridized carbons (Fsp3) is 0.409. The van der Waals surface area contributed by atoms with Gasteiger partial charge in [0.2, 0.25) is 11.6 Å². The molecule has 3 aliphatic heterocycles. The summed E-state index contributed by atoms with van der Waals surface area (Å²) in [5, 5.41) is 22.1. The summed E-state index contributed by atoms with van der Waals surface area (Å²) >= 11 is 0. The first-order chi connectivity index (χ1) is 27.1. The minimum Gasteiger partial charge on any atom is -0.488 e. The maximum absolute atomic E-state index is 13.4. The maximum Gasteiger partial charge on any atom is 0.253 e. The van der Waals surface area contributed by atoms with E-state index in [4.69, 9.17) is 30.4 Å². The monoisotopic (exact) mass is 764 g/mol. The van der Waals surface area contributed by atoms with Crippen molar-refractivity contribution in [3.05, 3.63) is 130 Å². The van der Waals surface area contributed by atoms with Crippen LogP contribution >= 0.6 is 0 Å². The topological polar surface area (TPSA) is 170 Å². The van der Waals surface area contributed by atoms with Gasteiger partial charge in [0.05, 0.1) is 0 Å². The third-order valence-corrected chi connectivity index (χ3v) is 11.1. The van der Waals surface area contributed by atoms with Gasteiger partial charge in [-0.05, 0) is 96.2 Å². The zero-order valence-electron chi connectivity index (χ0n) is 31.7. The summed E-state index contributed by atoms with van der Waals surface area (Å²) in [6, 6.07) is 30.4. The van der Waals surface area contributed by atoms with E-state index in [1.807, 2.05) is 34.1 Å². The molecule has 4 aromatic carbocycles. The molecule has 2 atom stereocenters. The predicted molar refractivity (Wildman–Crippen MR) is 210 cm³/mol. The first kappa shape index (κ1) is 39.4. The molecule has 3 saturated heterocycles. The van der Waals surface area contributed by atoms with Crippen LogP contribution in [-0.4, -0.2) is 96.0 Å². The Bertz CT molecular complexity index is 1820. The molecule has 56 heavy (non-hydrogen) atoms. The summed E-state index contributed by atoms with van der Waals surface area (Å²) in [6.07, 6.45) is 3.48. The second kappa shape index (κ2) is 17.5. The maximum atomic E-state index is 13.4. The molecule has 6 N–H and O–H groups in total. The fourth-order valence-corrected chi connectivity index (χ4v) is 7.72. The Labute approximate surface area is 327 Å². The lowest BCUT2D eigenvalue weighted by molar-refractivity contribution is -0.374. The lowest BCUT2D eigenvalue weighted by Gasteiger charge is -2.40. The number of amides is 2. The number of piperidine rings is 2. The quantitative estimate of drug-likeness (QED) is 0.161. The fourth-order valence-electron chi connectivity index (χ4n) is 7.72. The Morgan fingerprint density at radius 1 is 0.607 bits per heavy atom. The van der Waals surface area contributed by atoms with Crippen molar-refractivity contribution in [2.75, 3.05) is 52.6 Å². The Morgan fingerprint density at radius 3 is 1.38 bits per heavy atom. The van der Waals surface area contributed by atoms with Crippen molar-refractivity contribution in [2.45, 2.75) is 62.2 Å². The van der Waals surface area contributed by atoms with E-state index < -0.39 is 11.6 Å². The molecule has 0 unspecified atom stereocenters. The van der Waals surface area contributed by atoms with E-state index in [0.717, 1.165) is 36.8 Å². The second-order valence-corrected chi connectivity index (χ2v) is 15.1. The van der Waals surface area contributed by atoms with Gasteiger partial charge in [-0.2, -0.15) is 0 Å². The summed E-state index contributed by atoms with van der Waals surface area (Å²) in [7, 11) is 0. The van der Waals surface area contributed by atoms with E-state index in [9.17, 15) is 19.8 Å². The van der Waals surface area contributed by atoms with Crippen molar-refractivity contribution in [3.8, 4) is 11.5 Å². The number of carbonyl (C=O) groups excluding carboxylic acids is 2. The minimum atomic E-state index is -1.84. The van der Waals surface area contributed by atoms with E-state index in [-0.39, 0.29) is 38.2 Å². The number of carbonyl (C=O) groups is 2. The van der Waals surface area contributed by atoms with Gasteiger partial charge < -0.3 is 50.4 Å². The lowest BCUT2D eigenvalue weighted by Crippen LogP contribution is -2.58. The molecule has 12 nitrogen and oxygen atoms in total. The van der Waals surface area contributed by atoms with Crippen molar-refractivity contribution in [3.63, 3.8) is 0 Å². The molecule has 0 spiro atoms. The standard InChI is InChI=1S/C44H52N4O8/c45-25-31-5-1-7-35(21-31)33-13-17-47(18-14-33)41(49)37-9-3-11-39(23-37)53-27-43(51)29-56-44(52,30-55-43)28-54-40-12-4-10-38(24-40)42(50)48-19-15-34(16-20-48)36-8-2-6-32(22-36)26-46/h1-12,21-24,33-34,51-52H,13-20,25-30,45-46H2/t43-,44-/m1/s1. The molecule has 3 fully saturated rings. The third kappa shape index (κ3) is 9.58. The number of likely N-dealkylation sites (tertiary alicyclic amines) is 2.